The zero-order chi connectivity index (χ0) is 19.6. The lowest BCUT2D eigenvalue weighted by molar-refractivity contribution is -0.123. The van der Waals surface area contributed by atoms with Crippen molar-refractivity contribution < 1.29 is 9.53 Å². The van der Waals surface area contributed by atoms with E-state index in [1.54, 1.807) is 6.92 Å². The molecule has 4 nitrogen and oxygen atoms in total. The highest BCUT2D eigenvalue weighted by Gasteiger charge is 2.39. The fourth-order valence-corrected chi connectivity index (χ4v) is 4.76. The van der Waals surface area contributed by atoms with E-state index in [1.807, 2.05) is 53.8 Å². The number of carbonyl (C=O) groups excluding carboxylic acids is 1. The van der Waals surface area contributed by atoms with Gasteiger partial charge in [-0.15, -0.1) is 11.3 Å². The molecule has 1 saturated heterocycles. The average molecular weight is 393 g/mol. The van der Waals surface area contributed by atoms with Crippen LogP contribution in [0.2, 0.25) is 0 Å². The summed E-state index contributed by atoms with van der Waals surface area (Å²) in [5, 5.41) is 3.04. The van der Waals surface area contributed by atoms with Gasteiger partial charge in [0, 0.05) is 36.3 Å². The second-order valence-electron chi connectivity index (χ2n) is 7.59. The summed E-state index contributed by atoms with van der Waals surface area (Å²) in [4.78, 5) is 16.2. The Morgan fingerprint density at radius 2 is 1.71 bits per heavy atom. The molecule has 1 amide bonds. The standard InChI is InChI=1S/C23H24N2O2S/c1-17(26)24-23(2)15-25(16-23)14-21-12-13-22(28-21)18-8-10-20(11-9-18)27-19-6-4-3-5-7-19/h3-13H,14-16H2,1-2H3,(H,24,26). The Morgan fingerprint density at radius 1 is 1.04 bits per heavy atom. The van der Waals surface area contributed by atoms with Gasteiger partial charge >= 0.3 is 0 Å². The van der Waals surface area contributed by atoms with Gasteiger partial charge in [0.15, 0.2) is 0 Å². The number of rotatable bonds is 6. The van der Waals surface area contributed by atoms with Crippen molar-refractivity contribution >= 4 is 17.2 Å². The molecule has 1 aliphatic heterocycles. The molecule has 0 bridgehead atoms. The van der Waals surface area contributed by atoms with Crippen LogP contribution in [0.1, 0.15) is 18.7 Å². The first-order chi connectivity index (χ1) is 13.5. The lowest BCUT2D eigenvalue weighted by atomic mass is 9.92. The van der Waals surface area contributed by atoms with E-state index in [0.29, 0.717) is 0 Å². The Hall–Kier alpha value is -2.63. The lowest BCUT2D eigenvalue weighted by Gasteiger charge is -2.48. The molecule has 3 aromatic rings. The van der Waals surface area contributed by atoms with E-state index < -0.39 is 0 Å². The summed E-state index contributed by atoms with van der Waals surface area (Å²) in [5.74, 6) is 1.72. The van der Waals surface area contributed by atoms with Crippen LogP contribution in [0.3, 0.4) is 0 Å². The van der Waals surface area contributed by atoms with Crippen LogP contribution < -0.4 is 10.1 Å². The molecule has 1 N–H and O–H groups in total. The largest absolute Gasteiger partial charge is 0.457 e. The van der Waals surface area contributed by atoms with Crippen LogP contribution in [-0.4, -0.2) is 29.4 Å². The predicted octanol–water partition coefficient (Wildman–Crippen LogP) is 4.92. The van der Waals surface area contributed by atoms with Crippen molar-refractivity contribution in [2.75, 3.05) is 13.1 Å². The number of para-hydroxylation sites is 1. The Morgan fingerprint density at radius 3 is 2.39 bits per heavy atom. The average Bonchev–Trinajstić information content (AvgIpc) is 3.10. The minimum absolute atomic E-state index is 0.0419. The summed E-state index contributed by atoms with van der Waals surface area (Å²) < 4.78 is 5.86. The van der Waals surface area contributed by atoms with Gasteiger partial charge in [-0.2, -0.15) is 0 Å². The fourth-order valence-electron chi connectivity index (χ4n) is 3.71. The van der Waals surface area contributed by atoms with Gasteiger partial charge in [-0.1, -0.05) is 18.2 Å². The molecule has 0 spiro atoms. The molecular formula is C23H24N2O2S. The molecule has 0 unspecified atom stereocenters. The zero-order valence-corrected chi connectivity index (χ0v) is 17.0. The number of nitrogens with zero attached hydrogens (tertiary/aromatic N) is 1. The van der Waals surface area contributed by atoms with E-state index in [2.05, 4.69) is 41.4 Å². The SMILES string of the molecule is CC(=O)NC1(C)CN(Cc2ccc(-c3ccc(Oc4ccccc4)cc3)s2)C1. The van der Waals surface area contributed by atoms with E-state index in [9.17, 15) is 4.79 Å². The maximum Gasteiger partial charge on any atom is 0.217 e. The van der Waals surface area contributed by atoms with Gasteiger partial charge in [0.25, 0.3) is 0 Å². The molecule has 0 atom stereocenters. The van der Waals surface area contributed by atoms with E-state index >= 15 is 0 Å². The Balaban J connectivity index is 1.35. The highest BCUT2D eigenvalue weighted by atomic mass is 32.1. The van der Waals surface area contributed by atoms with Crippen LogP contribution in [-0.2, 0) is 11.3 Å². The molecule has 0 radical (unpaired) electrons. The number of nitrogens with one attached hydrogen (secondary N) is 1. The summed E-state index contributed by atoms with van der Waals surface area (Å²) in [6, 6.07) is 22.4. The van der Waals surface area contributed by atoms with Gasteiger partial charge in [0.05, 0.1) is 5.54 Å². The van der Waals surface area contributed by atoms with Crippen molar-refractivity contribution in [3.05, 3.63) is 71.6 Å². The lowest BCUT2D eigenvalue weighted by Crippen LogP contribution is -2.67. The number of likely N-dealkylation sites (tertiary alicyclic amines) is 1. The predicted molar refractivity (Wildman–Crippen MR) is 114 cm³/mol. The minimum Gasteiger partial charge on any atom is -0.457 e. The topological polar surface area (TPSA) is 41.6 Å². The van der Waals surface area contributed by atoms with Gasteiger partial charge in [0.1, 0.15) is 11.5 Å². The number of amides is 1. The zero-order valence-electron chi connectivity index (χ0n) is 16.1. The Bertz CT molecular complexity index is 944. The molecule has 2 aromatic carbocycles. The van der Waals surface area contributed by atoms with Crippen molar-refractivity contribution in [3.63, 3.8) is 0 Å². The number of benzene rings is 2. The first-order valence-corrected chi connectivity index (χ1v) is 10.2. The molecule has 1 aliphatic rings. The van der Waals surface area contributed by atoms with Crippen LogP contribution in [0, 0.1) is 0 Å². The smallest absolute Gasteiger partial charge is 0.217 e. The van der Waals surface area contributed by atoms with Gasteiger partial charge < -0.3 is 10.1 Å². The van der Waals surface area contributed by atoms with Gasteiger partial charge in [-0.3, -0.25) is 9.69 Å². The van der Waals surface area contributed by atoms with Gasteiger partial charge in [-0.05, 0) is 61.0 Å². The third-order valence-corrected chi connectivity index (χ3v) is 5.90. The van der Waals surface area contributed by atoms with E-state index in [-0.39, 0.29) is 11.4 Å². The third kappa shape index (κ3) is 4.43. The first kappa shape index (κ1) is 18.7. The number of thiophene rings is 1. The van der Waals surface area contributed by atoms with Crippen molar-refractivity contribution in [1.82, 2.24) is 10.2 Å². The van der Waals surface area contributed by atoms with Crippen LogP contribution >= 0.6 is 11.3 Å². The second-order valence-corrected chi connectivity index (χ2v) is 8.76. The van der Waals surface area contributed by atoms with Crippen LogP contribution in [0.4, 0.5) is 0 Å². The number of hydrogen-bond acceptors (Lipinski definition) is 4. The number of ether oxygens (including phenoxy) is 1. The molecular weight excluding hydrogens is 368 g/mol. The van der Waals surface area contributed by atoms with Crippen molar-refractivity contribution in [2.24, 2.45) is 0 Å². The molecule has 144 valence electrons. The number of carbonyl (C=O) groups is 1. The third-order valence-electron chi connectivity index (χ3n) is 4.78. The summed E-state index contributed by atoms with van der Waals surface area (Å²) in [5.41, 5.74) is 1.11. The van der Waals surface area contributed by atoms with Crippen molar-refractivity contribution in [3.8, 4) is 21.9 Å². The van der Waals surface area contributed by atoms with E-state index in [4.69, 9.17) is 4.74 Å². The molecule has 4 rings (SSSR count). The van der Waals surface area contributed by atoms with E-state index in [0.717, 1.165) is 31.1 Å². The second kappa shape index (κ2) is 7.78. The molecule has 0 aliphatic carbocycles. The maximum atomic E-state index is 11.3. The van der Waals surface area contributed by atoms with Crippen LogP contribution in [0.5, 0.6) is 11.5 Å². The molecule has 0 saturated carbocycles. The van der Waals surface area contributed by atoms with Crippen molar-refractivity contribution in [1.29, 1.82) is 0 Å². The highest BCUT2D eigenvalue weighted by molar-refractivity contribution is 7.15. The van der Waals surface area contributed by atoms with Crippen LogP contribution in [0.15, 0.2) is 66.7 Å². The quantitative estimate of drug-likeness (QED) is 0.647. The molecule has 1 fully saturated rings. The van der Waals surface area contributed by atoms with Gasteiger partial charge in [0.2, 0.25) is 5.91 Å². The van der Waals surface area contributed by atoms with E-state index in [1.165, 1.54) is 15.3 Å². The number of hydrogen-bond donors (Lipinski definition) is 1. The molecule has 28 heavy (non-hydrogen) atoms. The fraction of sp³-hybridized carbons (Fsp3) is 0.261. The summed E-state index contributed by atoms with van der Waals surface area (Å²) >= 11 is 1.82. The van der Waals surface area contributed by atoms with Gasteiger partial charge in [-0.25, -0.2) is 0 Å². The summed E-state index contributed by atoms with van der Waals surface area (Å²) in [6.45, 7) is 6.39. The summed E-state index contributed by atoms with van der Waals surface area (Å²) in [7, 11) is 0. The normalized spacial score (nSPS) is 15.6. The van der Waals surface area contributed by atoms with Crippen LogP contribution in [0.25, 0.3) is 10.4 Å². The molecule has 5 heteroatoms. The maximum absolute atomic E-state index is 11.3. The Labute approximate surface area is 169 Å². The monoisotopic (exact) mass is 392 g/mol. The molecule has 1 aromatic heterocycles. The Kier molecular flexibility index (Phi) is 5.20. The van der Waals surface area contributed by atoms with Crippen molar-refractivity contribution in [2.45, 2.75) is 25.9 Å². The highest BCUT2D eigenvalue weighted by Crippen LogP contribution is 2.32. The molecule has 2 heterocycles. The summed E-state index contributed by atoms with van der Waals surface area (Å²) in [6.07, 6.45) is 0. The minimum atomic E-state index is -0.0828. The first-order valence-electron chi connectivity index (χ1n) is 9.42.